The lowest BCUT2D eigenvalue weighted by Gasteiger charge is -2.06. The number of rotatable bonds is 10. The van der Waals surface area contributed by atoms with Gasteiger partial charge in [-0.1, -0.05) is 18.7 Å². The number of hydrogen-bond acceptors (Lipinski definition) is 5. The van der Waals surface area contributed by atoms with Crippen LogP contribution in [0.4, 0.5) is 5.69 Å². The summed E-state index contributed by atoms with van der Waals surface area (Å²) in [6, 6.07) is 7.86. The number of nitrogen functional groups attached to an aromatic ring is 1. The molecule has 1 rings (SSSR count). The molecule has 0 radical (unpaired) electrons. The summed E-state index contributed by atoms with van der Waals surface area (Å²) in [4.78, 5) is 11.9. The Kier molecular flexibility index (Phi) is 8.58. The summed E-state index contributed by atoms with van der Waals surface area (Å²) in [6.45, 7) is 4.77. The van der Waals surface area contributed by atoms with Crippen LogP contribution in [0.1, 0.15) is 19.3 Å². The van der Waals surface area contributed by atoms with Crippen LogP contribution in [-0.4, -0.2) is 25.0 Å². The fourth-order valence-corrected chi connectivity index (χ4v) is 2.38. The minimum atomic E-state index is -0.347. The van der Waals surface area contributed by atoms with Gasteiger partial charge in [0, 0.05) is 22.5 Å². The summed E-state index contributed by atoms with van der Waals surface area (Å²) in [5.74, 6) is 0.500. The number of thioether (sulfide) groups is 1. The highest BCUT2D eigenvalue weighted by Crippen LogP contribution is 2.22. The maximum atomic E-state index is 10.8. The lowest BCUT2D eigenvalue weighted by Crippen LogP contribution is -2.14. The minimum absolute atomic E-state index is 0.347. The van der Waals surface area contributed by atoms with E-state index < -0.39 is 0 Å². The predicted molar refractivity (Wildman–Crippen MR) is 84.6 cm³/mol. The summed E-state index contributed by atoms with van der Waals surface area (Å²) in [5, 5.41) is 3.36. The number of carbonyl (C=O) groups is 1. The third-order valence-corrected chi connectivity index (χ3v) is 3.69. The molecule has 110 valence electrons. The Labute approximate surface area is 124 Å². The smallest absolute Gasteiger partial charge is 0.330 e. The van der Waals surface area contributed by atoms with Gasteiger partial charge in [0.15, 0.2) is 0 Å². The molecule has 0 heterocycles. The molecule has 0 aromatic heterocycles. The summed E-state index contributed by atoms with van der Waals surface area (Å²) < 4.78 is 4.89. The number of para-hydroxylation sites is 1. The Hall–Kier alpha value is -1.46. The number of carbonyl (C=O) groups excluding carboxylic acids is 1. The topological polar surface area (TPSA) is 64.3 Å². The van der Waals surface area contributed by atoms with Crippen LogP contribution >= 0.6 is 11.8 Å². The first-order valence-electron chi connectivity index (χ1n) is 6.71. The van der Waals surface area contributed by atoms with Crippen LogP contribution in [0, 0.1) is 0 Å². The Morgan fingerprint density at radius 3 is 2.90 bits per heavy atom. The molecule has 3 N–H and O–H groups in total. The SMILES string of the molecule is C=CC(=O)OCCCCCNCSc1ccccc1N. The molecule has 20 heavy (non-hydrogen) atoms. The molecule has 0 unspecified atom stereocenters. The minimum Gasteiger partial charge on any atom is -0.463 e. The fraction of sp³-hybridized carbons (Fsp3) is 0.400. The third kappa shape index (κ3) is 7.21. The predicted octanol–water partition coefficient (Wildman–Crippen LogP) is 2.81. The first-order chi connectivity index (χ1) is 9.74. The van der Waals surface area contributed by atoms with Crippen LogP contribution in [0.5, 0.6) is 0 Å². The Bertz CT molecular complexity index is 424. The standard InChI is InChI=1S/C15H22N2O2S/c1-2-15(18)19-11-7-3-6-10-17-12-20-14-9-5-4-8-13(14)16/h2,4-5,8-9,17H,1,3,6-7,10-12,16H2. The molecule has 0 aliphatic carbocycles. The van der Waals surface area contributed by atoms with E-state index in [0.717, 1.165) is 42.3 Å². The van der Waals surface area contributed by atoms with Crippen LogP contribution in [-0.2, 0) is 9.53 Å². The van der Waals surface area contributed by atoms with Gasteiger partial charge in [0.2, 0.25) is 0 Å². The lowest BCUT2D eigenvalue weighted by molar-refractivity contribution is -0.137. The molecule has 5 heteroatoms. The summed E-state index contributed by atoms with van der Waals surface area (Å²) in [7, 11) is 0. The maximum absolute atomic E-state index is 10.8. The van der Waals surface area contributed by atoms with Crippen molar-refractivity contribution < 1.29 is 9.53 Å². The summed E-state index contributed by atoms with van der Waals surface area (Å²) >= 11 is 1.71. The van der Waals surface area contributed by atoms with Gasteiger partial charge in [0.25, 0.3) is 0 Å². The molecule has 0 aliphatic heterocycles. The number of anilines is 1. The molecule has 4 nitrogen and oxygen atoms in total. The highest BCUT2D eigenvalue weighted by Gasteiger charge is 1.98. The molecule has 0 spiro atoms. The summed E-state index contributed by atoms with van der Waals surface area (Å²) in [5.41, 5.74) is 6.68. The van der Waals surface area contributed by atoms with Crippen LogP contribution in [0.15, 0.2) is 41.8 Å². The average Bonchev–Trinajstić information content (AvgIpc) is 2.47. The van der Waals surface area contributed by atoms with Crippen molar-refractivity contribution in [1.29, 1.82) is 0 Å². The zero-order valence-electron chi connectivity index (χ0n) is 11.6. The Morgan fingerprint density at radius 2 is 2.15 bits per heavy atom. The molecular weight excluding hydrogens is 272 g/mol. The van der Waals surface area contributed by atoms with Crippen molar-refractivity contribution in [3.8, 4) is 0 Å². The zero-order chi connectivity index (χ0) is 14.6. The van der Waals surface area contributed by atoms with Gasteiger partial charge in [-0.15, -0.1) is 11.8 Å². The van der Waals surface area contributed by atoms with Gasteiger partial charge in [0.05, 0.1) is 6.61 Å². The van der Waals surface area contributed by atoms with Crippen molar-refractivity contribution in [3.63, 3.8) is 0 Å². The Morgan fingerprint density at radius 1 is 1.35 bits per heavy atom. The van der Waals surface area contributed by atoms with Crippen molar-refractivity contribution in [2.24, 2.45) is 0 Å². The first-order valence-corrected chi connectivity index (χ1v) is 7.70. The molecule has 0 bridgehead atoms. The second-order valence-corrected chi connectivity index (χ2v) is 5.28. The van der Waals surface area contributed by atoms with E-state index in [0.29, 0.717) is 6.61 Å². The second kappa shape index (κ2) is 10.3. The van der Waals surface area contributed by atoms with Gasteiger partial charge in [0.1, 0.15) is 0 Å². The number of benzene rings is 1. The molecule has 0 saturated carbocycles. The zero-order valence-corrected chi connectivity index (χ0v) is 12.5. The van der Waals surface area contributed by atoms with Gasteiger partial charge >= 0.3 is 5.97 Å². The maximum Gasteiger partial charge on any atom is 0.330 e. The van der Waals surface area contributed by atoms with Crippen molar-refractivity contribution in [2.45, 2.75) is 24.2 Å². The lowest BCUT2D eigenvalue weighted by atomic mass is 10.2. The Balaban J connectivity index is 1.94. The van der Waals surface area contributed by atoms with E-state index in [1.807, 2.05) is 24.3 Å². The van der Waals surface area contributed by atoms with E-state index in [-0.39, 0.29) is 5.97 Å². The highest BCUT2D eigenvalue weighted by molar-refractivity contribution is 7.99. The van der Waals surface area contributed by atoms with Crippen molar-refractivity contribution in [2.75, 3.05) is 24.8 Å². The molecule has 0 fully saturated rings. The molecule has 1 aromatic carbocycles. The molecule has 0 atom stereocenters. The average molecular weight is 294 g/mol. The van der Waals surface area contributed by atoms with E-state index in [1.165, 1.54) is 6.08 Å². The van der Waals surface area contributed by atoms with Gasteiger partial charge in [-0.2, -0.15) is 0 Å². The van der Waals surface area contributed by atoms with Crippen molar-refractivity contribution >= 4 is 23.4 Å². The van der Waals surface area contributed by atoms with Gasteiger partial charge in [-0.25, -0.2) is 4.79 Å². The molecule has 0 amide bonds. The van der Waals surface area contributed by atoms with Crippen LogP contribution < -0.4 is 11.1 Å². The van der Waals surface area contributed by atoms with Crippen LogP contribution in [0.2, 0.25) is 0 Å². The normalized spacial score (nSPS) is 10.2. The van der Waals surface area contributed by atoms with Gasteiger partial charge < -0.3 is 15.8 Å². The number of nitrogens with one attached hydrogen (secondary N) is 1. The first kappa shape index (κ1) is 16.6. The van der Waals surface area contributed by atoms with E-state index in [4.69, 9.17) is 10.5 Å². The van der Waals surface area contributed by atoms with Gasteiger partial charge in [-0.3, -0.25) is 0 Å². The van der Waals surface area contributed by atoms with Crippen LogP contribution in [0.25, 0.3) is 0 Å². The van der Waals surface area contributed by atoms with Crippen LogP contribution in [0.3, 0.4) is 0 Å². The second-order valence-electron chi connectivity index (χ2n) is 4.26. The largest absolute Gasteiger partial charge is 0.463 e. The highest BCUT2D eigenvalue weighted by atomic mass is 32.2. The number of nitrogens with two attached hydrogens (primary N) is 1. The van der Waals surface area contributed by atoms with Crippen molar-refractivity contribution in [1.82, 2.24) is 5.32 Å². The van der Waals surface area contributed by atoms with E-state index in [2.05, 4.69) is 11.9 Å². The fourth-order valence-electron chi connectivity index (χ4n) is 1.57. The number of ether oxygens (including phenoxy) is 1. The van der Waals surface area contributed by atoms with Crippen molar-refractivity contribution in [3.05, 3.63) is 36.9 Å². The van der Waals surface area contributed by atoms with E-state index in [9.17, 15) is 4.79 Å². The number of hydrogen-bond donors (Lipinski definition) is 2. The molecule has 1 aromatic rings. The number of esters is 1. The molecule has 0 saturated heterocycles. The number of unbranched alkanes of at least 4 members (excludes halogenated alkanes) is 2. The quantitative estimate of drug-likeness (QED) is 0.173. The third-order valence-electron chi connectivity index (χ3n) is 2.66. The molecule has 0 aliphatic rings. The monoisotopic (exact) mass is 294 g/mol. The van der Waals surface area contributed by atoms with E-state index >= 15 is 0 Å². The molecular formula is C15H22N2O2S. The summed E-state index contributed by atoms with van der Waals surface area (Å²) in [6.07, 6.45) is 4.18. The van der Waals surface area contributed by atoms with Gasteiger partial charge in [-0.05, 0) is 37.9 Å². The van der Waals surface area contributed by atoms with E-state index in [1.54, 1.807) is 11.8 Å².